The minimum absolute atomic E-state index is 0.115. The van der Waals surface area contributed by atoms with E-state index in [-0.39, 0.29) is 37.5 Å². The van der Waals surface area contributed by atoms with Crippen LogP contribution in [0.3, 0.4) is 0 Å². The van der Waals surface area contributed by atoms with Crippen LogP contribution in [0.1, 0.15) is 265 Å². The Morgan fingerprint density at radius 1 is 0.288 bits per heavy atom. The van der Waals surface area contributed by atoms with E-state index < -0.39 is 6.10 Å². The SMILES string of the molecule is CC/C=C/C/C=C/C/C=C/C/C=C/C/C=C/CCCC(=O)OC[C@H](COC(=O)CCCCC/C=C/C/C=C/C/C=C/C/C=C/CCCCC)OC(=O)CCCCCCCCCCC/C=C/CCCCCCCC. The van der Waals surface area contributed by atoms with E-state index in [1.807, 2.05) is 0 Å². The molecular weight excluding hydrogens is 901 g/mol. The molecule has 0 radical (unpaired) electrons. The van der Waals surface area contributed by atoms with Crippen molar-refractivity contribution in [1.29, 1.82) is 0 Å². The van der Waals surface area contributed by atoms with E-state index in [9.17, 15) is 14.4 Å². The zero-order valence-electron chi connectivity index (χ0n) is 47.4. The van der Waals surface area contributed by atoms with E-state index in [4.69, 9.17) is 14.2 Å². The molecule has 73 heavy (non-hydrogen) atoms. The van der Waals surface area contributed by atoms with Crippen molar-refractivity contribution in [2.75, 3.05) is 13.2 Å². The second kappa shape index (κ2) is 60.4. The maximum absolute atomic E-state index is 12.9. The summed E-state index contributed by atoms with van der Waals surface area (Å²) in [5, 5.41) is 0. The third kappa shape index (κ3) is 58.6. The third-order valence-electron chi connectivity index (χ3n) is 12.4. The van der Waals surface area contributed by atoms with Gasteiger partial charge in [0.2, 0.25) is 0 Å². The van der Waals surface area contributed by atoms with Crippen molar-refractivity contribution >= 4 is 17.9 Å². The number of allylic oxidation sites excluding steroid dienone is 20. The molecule has 0 aromatic carbocycles. The lowest BCUT2D eigenvalue weighted by Gasteiger charge is -2.18. The number of carbonyl (C=O) groups is 3. The molecule has 0 N–H and O–H groups in total. The van der Waals surface area contributed by atoms with E-state index in [1.165, 1.54) is 116 Å². The highest BCUT2D eigenvalue weighted by Crippen LogP contribution is 2.14. The lowest BCUT2D eigenvalue weighted by Crippen LogP contribution is -2.30. The quantitative estimate of drug-likeness (QED) is 0.0261. The van der Waals surface area contributed by atoms with E-state index >= 15 is 0 Å². The molecule has 0 amide bonds. The Kier molecular flexibility index (Phi) is 56.9. The topological polar surface area (TPSA) is 78.9 Å². The number of carbonyl (C=O) groups excluding carboxylic acids is 3. The van der Waals surface area contributed by atoms with Crippen molar-refractivity contribution in [2.45, 2.75) is 271 Å². The maximum atomic E-state index is 12.9. The minimum atomic E-state index is -0.820. The summed E-state index contributed by atoms with van der Waals surface area (Å²) in [6.45, 7) is 6.42. The van der Waals surface area contributed by atoms with Crippen LogP contribution in [0, 0.1) is 0 Å². The van der Waals surface area contributed by atoms with E-state index in [0.29, 0.717) is 19.3 Å². The smallest absolute Gasteiger partial charge is 0.306 e. The van der Waals surface area contributed by atoms with Gasteiger partial charge in [0, 0.05) is 19.3 Å². The summed E-state index contributed by atoms with van der Waals surface area (Å²) < 4.78 is 16.8. The molecule has 0 unspecified atom stereocenters. The molecule has 0 fully saturated rings. The maximum Gasteiger partial charge on any atom is 0.306 e. The van der Waals surface area contributed by atoms with Gasteiger partial charge in [-0.3, -0.25) is 14.4 Å². The van der Waals surface area contributed by atoms with Crippen LogP contribution >= 0.6 is 0 Å². The fourth-order valence-corrected chi connectivity index (χ4v) is 7.93. The first kappa shape index (κ1) is 68.8. The normalized spacial score (nSPS) is 13.0. The van der Waals surface area contributed by atoms with Crippen molar-refractivity contribution in [3.05, 3.63) is 122 Å². The second-order valence-electron chi connectivity index (χ2n) is 19.5. The summed E-state index contributed by atoms with van der Waals surface area (Å²) in [6.07, 6.45) is 83.4. The summed E-state index contributed by atoms with van der Waals surface area (Å²) in [7, 11) is 0. The number of rotatable bonds is 53. The van der Waals surface area contributed by atoms with Crippen LogP contribution in [-0.4, -0.2) is 37.2 Å². The largest absolute Gasteiger partial charge is 0.462 e. The van der Waals surface area contributed by atoms with Crippen LogP contribution < -0.4 is 0 Å². The molecule has 6 nitrogen and oxygen atoms in total. The Morgan fingerprint density at radius 3 is 0.945 bits per heavy atom. The number of ether oxygens (including phenoxy) is 3. The first-order chi connectivity index (χ1) is 36.0. The molecule has 1 atom stereocenters. The Morgan fingerprint density at radius 2 is 0.548 bits per heavy atom. The fourth-order valence-electron chi connectivity index (χ4n) is 7.93. The predicted octanol–water partition coefficient (Wildman–Crippen LogP) is 20.4. The summed E-state index contributed by atoms with van der Waals surface area (Å²) in [6, 6.07) is 0. The highest BCUT2D eigenvalue weighted by molar-refractivity contribution is 5.71. The van der Waals surface area contributed by atoms with Crippen LogP contribution in [0.25, 0.3) is 0 Å². The van der Waals surface area contributed by atoms with Gasteiger partial charge in [0.1, 0.15) is 13.2 Å². The predicted molar refractivity (Wildman–Crippen MR) is 316 cm³/mol. The average Bonchev–Trinajstić information content (AvgIpc) is 3.39. The highest BCUT2D eigenvalue weighted by atomic mass is 16.6. The summed E-state index contributed by atoms with van der Waals surface area (Å²) in [5.41, 5.74) is 0. The Labute approximate surface area is 450 Å². The zero-order valence-corrected chi connectivity index (χ0v) is 47.4. The van der Waals surface area contributed by atoms with Gasteiger partial charge in [-0.1, -0.05) is 239 Å². The molecule has 0 heterocycles. The Balaban J connectivity index is 4.54. The van der Waals surface area contributed by atoms with E-state index in [2.05, 4.69) is 142 Å². The molecular formula is C67H110O6. The average molecular weight is 1010 g/mol. The van der Waals surface area contributed by atoms with Gasteiger partial charge in [-0.05, 0) is 128 Å². The lowest BCUT2D eigenvalue weighted by molar-refractivity contribution is -0.167. The van der Waals surface area contributed by atoms with Gasteiger partial charge in [-0.25, -0.2) is 0 Å². The number of hydrogen-bond acceptors (Lipinski definition) is 6. The number of hydrogen-bond donors (Lipinski definition) is 0. The summed E-state index contributed by atoms with van der Waals surface area (Å²) in [5.74, 6) is -1.00. The molecule has 0 aromatic heterocycles. The van der Waals surface area contributed by atoms with Gasteiger partial charge in [-0.15, -0.1) is 0 Å². The standard InChI is InChI=1S/C67H110O6/c1-4-7-10-13-16-19-22-25-28-31-33-36-39-42-45-48-51-54-57-60-66(69)72-63-64(62-71-65(68)59-56-53-50-47-44-41-38-35-30-27-24-21-18-15-12-9-6-3)73-67(70)61-58-55-52-49-46-43-40-37-34-32-29-26-23-20-17-14-11-8-5-2/h9,12,16,18-19,21,25-30,33,36,38,41-42,45,47,50,64H,4-8,10-11,13-15,17,20,22-24,31-32,34-35,37,39-40,43-44,46,48-49,51-63H2,1-3H3/b12-9+,19-16+,21-18+,28-25+,29-26+,30-27+,36-33+,41-38+,45-42+,50-47+/t64-/m1/s1. The summed E-state index contributed by atoms with van der Waals surface area (Å²) in [4.78, 5) is 38.2. The monoisotopic (exact) mass is 1010 g/mol. The van der Waals surface area contributed by atoms with Crippen molar-refractivity contribution in [3.8, 4) is 0 Å². The van der Waals surface area contributed by atoms with Crippen molar-refractivity contribution in [2.24, 2.45) is 0 Å². The van der Waals surface area contributed by atoms with E-state index in [0.717, 1.165) is 103 Å². The lowest BCUT2D eigenvalue weighted by atomic mass is 10.1. The van der Waals surface area contributed by atoms with Crippen LogP contribution in [0.5, 0.6) is 0 Å². The van der Waals surface area contributed by atoms with Crippen molar-refractivity contribution in [3.63, 3.8) is 0 Å². The van der Waals surface area contributed by atoms with Crippen LogP contribution in [-0.2, 0) is 28.6 Å². The number of esters is 3. The molecule has 0 aliphatic carbocycles. The first-order valence-electron chi connectivity index (χ1n) is 30.0. The molecule has 0 aliphatic rings. The van der Waals surface area contributed by atoms with Crippen LogP contribution in [0.15, 0.2) is 122 Å². The van der Waals surface area contributed by atoms with Crippen LogP contribution in [0.2, 0.25) is 0 Å². The van der Waals surface area contributed by atoms with E-state index in [1.54, 1.807) is 0 Å². The minimum Gasteiger partial charge on any atom is -0.462 e. The third-order valence-corrected chi connectivity index (χ3v) is 12.4. The molecule has 414 valence electrons. The summed E-state index contributed by atoms with van der Waals surface area (Å²) >= 11 is 0. The van der Waals surface area contributed by atoms with Crippen molar-refractivity contribution in [1.82, 2.24) is 0 Å². The fraction of sp³-hybridized carbons (Fsp3) is 0.657. The number of unbranched alkanes of at least 4 members (excludes halogenated alkanes) is 22. The zero-order chi connectivity index (χ0) is 52.9. The van der Waals surface area contributed by atoms with Gasteiger partial charge in [0.25, 0.3) is 0 Å². The highest BCUT2D eigenvalue weighted by Gasteiger charge is 2.19. The first-order valence-corrected chi connectivity index (χ1v) is 30.0. The second-order valence-corrected chi connectivity index (χ2v) is 19.5. The van der Waals surface area contributed by atoms with Gasteiger partial charge in [-0.2, -0.15) is 0 Å². The molecule has 0 aromatic rings. The molecule has 0 aliphatic heterocycles. The molecule has 6 heteroatoms. The Hall–Kier alpha value is -4.19. The van der Waals surface area contributed by atoms with Crippen molar-refractivity contribution < 1.29 is 28.6 Å². The van der Waals surface area contributed by atoms with Gasteiger partial charge in [0.15, 0.2) is 6.10 Å². The van der Waals surface area contributed by atoms with Gasteiger partial charge < -0.3 is 14.2 Å². The van der Waals surface area contributed by atoms with Gasteiger partial charge >= 0.3 is 17.9 Å². The molecule has 0 saturated heterocycles. The van der Waals surface area contributed by atoms with Crippen LogP contribution in [0.4, 0.5) is 0 Å². The Bertz CT molecular complexity index is 1540. The van der Waals surface area contributed by atoms with Gasteiger partial charge in [0.05, 0.1) is 0 Å². The molecule has 0 rings (SSSR count). The molecule has 0 spiro atoms. The molecule has 0 saturated carbocycles. The molecule has 0 bridgehead atoms.